The topological polar surface area (TPSA) is 58.2 Å². The summed E-state index contributed by atoms with van der Waals surface area (Å²) in [6.45, 7) is 5.31. The Morgan fingerprint density at radius 1 is 1.25 bits per heavy atom. The zero-order valence-electron chi connectivity index (χ0n) is 10.4. The molecule has 2 amide bonds. The molecule has 4 nitrogen and oxygen atoms in total. The summed E-state index contributed by atoms with van der Waals surface area (Å²) < 4.78 is 0. The Bertz CT molecular complexity index is 266. The molecular weight excluding hydrogens is 204 g/mol. The minimum absolute atomic E-state index is 0.0750. The second-order valence-electron chi connectivity index (χ2n) is 4.80. The van der Waals surface area contributed by atoms with Crippen molar-refractivity contribution in [2.45, 2.75) is 58.5 Å². The highest BCUT2D eigenvalue weighted by atomic mass is 16.2. The molecule has 4 heteroatoms. The van der Waals surface area contributed by atoms with Crippen LogP contribution in [0.3, 0.4) is 0 Å². The smallest absolute Gasteiger partial charge is 0.242 e. The second kappa shape index (κ2) is 5.87. The minimum atomic E-state index is -0.438. The highest BCUT2D eigenvalue weighted by Crippen LogP contribution is 2.23. The Morgan fingerprint density at radius 3 is 2.44 bits per heavy atom. The van der Waals surface area contributed by atoms with Crippen molar-refractivity contribution >= 4 is 11.8 Å². The summed E-state index contributed by atoms with van der Waals surface area (Å²) in [5, 5.41) is 5.62. The number of nitrogens with one attached hydrogen (secondary N) is 2. The third-order valence-electron chi connectivity index (χ3n) is 3.25. The first-order valence-corrected chi connectivity index (χ1v) is 6.08. The van der Waals surface area contributed by atoms with Gasteiger partial charge in [-0.1, -0.05) is 19.8 Å². The molecule has 2 N–H and O–H groups in total. The van der Waals surface area contributed by atoms with Crippen molar-refractivity contribution < 1.29 is 9.59 Å². The van der Waals surface area contributed by atoms with E-state index in [9.17, 15) is 9.59 Å². The number of hydrogen-bond donors (Lipinski definition) is 2. The Kier molecular flexibility index (Phi) is 4.77. The largest absolute Gasteiger partial charge is 0.351 e. The molecule has 92 valence electrons. The maximum Gasteiger partial charge on any atom is 0.242 e. The van der Waals surface area contributed by atoms with Gasteiger partial charge in [0.1, 0.15) is 6.04 Å². The Labute approximate surface area is 97.2 Å². The van der Waals surface area contributed by atoms with E-state index in [4.69, 9.17) is 0 Å². The molecular formula is C12H22N2O2. The van der Waals surface area contributed by atoms with Gasteiger partial charge in [0.2, 0.25) is 11.8 Å². The Morgan fingerprint density at radius 2 is 1.88 bits per heavy atom. The molecule has 1 fully saturated rings. The fraction of sp³-hybridized carbons (Fsp3) is 0.833. The van der Waals surface area contributed by atoms with Crippen LogP contribution in [0.2, 0.25) is 0 Å². The summed E-state index contributed by atoms with van der Waals surface area (Å²) in [5.41, 5.74) is 0. The van der Waals surface area contributed by atoms with E-state index >= 15 is 0 Å². The molecule has 1 aliphatic rings. The number of carbonyl (C=O) groups excluding carboxylic acids is 2. The zero-order chi connectivity index (χ0) is 12.1. The molecule has 16 heavy (non-hydrogen) atoms. The minimum Gasteiger partial charge on any atom is -0.351 e. The SMILES string of the molecule is CC(=O)NC(C)C(=O)NC1CCCCC1C. The van der Waals surface area contributed by atoms with Crippen LogP contribution >= 0.6 is 0 Å². The lowest BCUT2D eigenvalue weighted by molar-refractivity contribution is -0.128. The van der Waals surface area contributed by atoms with Gasteiger partial charge in [-0.2, -0.15) is 0 Å². The predicted molar refractivity (Wildman–Crippen MR) is 62.8 cm³/mol. The molecule has 1 saturated carbocycles. The normalized spacial score (nSPS) is 26.9. The van der Waals surface area contributed by atoms with E-state index in [1.54, 1.807) is 6.92 Å². The van der Waals surface area contributed by atoms with Gasteiger partial charge in [-0.05, 0) is 25.7 Å². The van der Waals surface area contributed by atoms with E-state index in [1.165, 1.54) is 26.2 Å². The van der Waals surface area contributed by atoms with Crippen molar-refractivity contribution in [1.29, 1.82) is 0 Å². The number of amides is 2. The molecule has 0 heterocycles. The third kappa shape index (κ3) is 3.83. The predicted octanol–water partition coefficient (Wildman–Crippen LogP) is 1.21. The average molecular weight is 226 g/mol. The number of rotatable bonds is 3. The Balaban J connectivity index is 2.40. The molecule has 0 aromatic heterocycles. The molecule has 0 spiro atoms. The summed E-state index contributed by atoms with van der Waals surface area (Å²) in [4.78, 5) is 22.6. The van der Waals surface area contributed by atoms with E-state index in [1.807, 2.05) is 0 Å². The summed E-state index contributed by atoms with van der Waals surface area (Å²) in [7, 11) is 0. The fourth-order valence-corrected chi connectivity index (χ4v) is 2.21. The molecule has 3 unspecified atom stereocenters. The fourth-order valence-electron chi connectivity index (χ4n) is 2.21. The highest BCUT2D eigenvalue weighted by molar-refractivity contribution is 5.86. The average Bonchev–Trinajstić information content (AvgIpc) is 2.20. The first kappa shape index (κ1) is 13.0. The van der Waals surface area contributed by atoms with Crippen LogP contribution in [0.1, 0.15) is 46.5 Å². The maximum atomic E-state index is 11.8. The van der Waals surface area contributed by atoms with Crippen LogP contribution in [0.15, 0.2) is 0 Å². The van der Waals surface area contributed by atoms with Crippen LogP contribution in [0.4, 0.5) is 0 Å². The van der Waals surface area contributed by atoms with E-state index in [-0.39, 0.29) is 17.9 Å². The van der Waals surface area contributed by atoms with Crippen molar-refractivity contribution in [2.75, 3.05) is 0 Å². The number of carbonyl (C=O) groups is 2. The van der Waals surface area contributed by atoms with Crippen LogP contribution in [0.25, 0.3) is 0 Å². The molecule has 0 bridgehead atoms. The molecule has 3 atom stereocenters. The van der Waals surface area contributed by atoms with Gasteiger partial charge in [-0.3, -0.25) is 9.59 Å². The first-order chi connectivity index (χ1) is 7.50. The molecule has 1 rings (SSSR count). The monoisotopic (exact) mass is 226 g/mol. The van der Waals surface area contributed by atoms with E-state index in [2.05, 4.69) is 17.6 Å². The standard InChI is InChI=1S/C12H22N2O2/c1-8-6-4-5-7-11(8)14-12(16)9(2)13-10(3)15/h8-9,11H,4-7H2,1-3H3,(H,13,15)(H,14,16). The van der Waals surface area contributed by atoms with Gasteiger partial charge in [-0.25, -0.2) is 0 Å². The second-order valence-corrected chi connectivity index (χ2v) is 4.80. The first-order valence-electron chi connectivity index (χ1n) is 6.08. The molecule has 0 radical (unpaired) electrons. The molecule has 0 aromatic rings. The Hall–Kier alpha value is -1.06. The lowest BCUT2D eigenvalue weighted by atomic mass is 9.86. The van der Waals surface area contributed by atoms with Gasteiger partial charge in [0.25, 0.3) is 0 Å². The van der Waals surface area contributed by atoms with Crippen LogP contribution < -0.4 is 10.6 Å². The van der Waals surface area contributed by atoms with E-state index in [0.717, 1.165) is 6.42 Å². The van der Waals surface area contributed by atoms with Gasteiger partial charge in [0.05, 0.1) is 0 Å². The van der Waals surface area contributed by atoms with Gasteiger partial charge < -0.3 is 10.6 Å². The van der Waals surface area contributed by atoms with Crippen LogP contribution in [0, 0.1) is 5.92 Å². The summed E-state index contributed by atoms with van der Waals surface area (Å²) in [5.74, 6) is 0.301. The van der Waals surface area contributed by atoms with Crippen molar-refractivity contribution in [2.24, 2.45) is 5.92 Å². The van der Waals surface area contributed by atoms with E-state index < -0.39 is 6.04 Å². The molecule has 0 aromatic carbocycles. The summed E-state index contributed by atoms with van der Waals surface area (Å²) in [6, 6.07) is -0.163. The highest BCUT2D eigenvalue weighted by Gasteiger charge is 2.24. The zero-order valence-corrected chi connectivity index (χ0v) is 10.4. The van der Waals surface area contributed by atoms with Crippen molar-refractivity contribution in [1.82, 2.24) is 10.6 Å². The lowest BCUT2D eigenvalue weighted by Crippen LogP contribution is -2.49. The summed E-state index contributed by atoms with van der Waals surface area (Å²) in [6.07, 6.45) is 4.68. The third-order valence-corrected chi connectivity index (χ3v) is 3.25. The van der Waals surface area contributed by atoms with E-state index in [0.29, 0.717) is 5.92 Å². The molecule has 1 aliphatic carbocycles. The van der Waals surface area contributed by atoms with Crippen molar-refractivity contribution in [3.63, 3.8) is 0 Å². The number of hydrogen-bond acceptors (Lipinski definition) is 2. The van der Waals surface area contributed by atoms with Crippen LogP contribution in [0.5, 0.6) is 0 Å². The van der Waals surface area contributed by atoms with Gasteiger partial charge in [-0.15, -0.1) is 0 Å². The maximum absolute atomic E-state index is 11.8. The summed E-state index contributed by atoms with van der Waals surface area (Å²) >= 11 is 0. The lowest BCUT2D eigenvalue weighted by Gasteiger charge is -2.30. The quantitative estimate of drug-likeness (QED) is 0.760. The van der Waals surface area contributed by atoms with Gasteiger partial charge in [0.15, 0.2) is 0 Å². The van der Waals surface area contributed by atoms with Crippen LogP contribution in [-0.4, -0.2) is 23.9 Å². The van der Waals surface area contributed by atoms with Crippen molar-refractivity contribution in [3.05, 3.63) is 0 Å². The molecule has 0 saturated heterocycles. The van der Waals surface area contributed by atoms with Crippen LogP contribution in [-0.2, 0) is 9.59 Å². The molecule has 0 aliphatic heterocycles. The van der Waals surface area contributed by atoms with Gasteiger partial charge in [0, 0.05) is 13.0 Å². The van der Waals surface area contributed by atoms with Crippen molar-refractivity contribution in [3.8, 4) is 0 Å². The van der Waals surface area contributed by atoms with Gasteiger partial charge >= 0.3 is 0 Å².